The Morgan fingerprint density at radius 3 is 2.88 bits per heavy atom. The third-order valence-electron chi connectivity index (χ3n) is 2.49. The molecule has 0 aromatic carbocycles. The van der Waals surface area contributed by atoms with Crippen molar-refractivity contribution in [2.45, 2.75) is 25.0 Å². The third kappa shape index (κ3) is 1.34. The van der Waals surface area contributed by atoms with Crippen LogP contribution >= 0.6 is 0 Å². The summed E-state index contributed by atoms with van der Waals surface area (Å²) in [5.41, 5.74) is -1.46. The summed E-state index contributed by atoms with van der Waals surface area (Å²) in [6.45, 7) is 2.08. The zero-order chi connectivity index (χ0) is 11.9. The maximum absolute atomic E-state index is 11.6. The van der Waals surface area contributed by atoms with E-state index in [4.69, 9.17) is 9.47 Å². The highest BCUT2D eigenvalue weighted by molar-refractivity contribution is 5.88. The second-order valence-corrected chi connectivity index (χ2v) is 3.69. The van der Waals surface area contributed by atoms with Crippen LogP contribution in [-0.2, 0) is 14.3 Å². The molecule has 3 N–H and O–H groups in total. The van der Waals surface area contributed by atoms with E-state index >= 15 is 0 Å². The molecule has 0 radical (unpaired) electrons. The van der Waals surface area contributed by atoms with Gasteiger partial charge in [-0.2, -0.15) is 0 Å². The van der Waals surface area contributed by atoms with E-state index in [0.717, 1.165) is 6.08 Å². The molecule has 2 atom stereocenters. The SMILES string of the molecule is CCCOC(=O)C12C=C(O)C(O)=C(O)C1O2. The van der Waals surface area contributed by atoms with Gasteiger partial charge in [0.2, 0.25) is 5.60 Å². The standard InChI is InChI=1S/C10H12O6/c1-2-3-15-9(14)10-4-5(11)6(12)7(13)8(10)16-10/h4,8,11-13H,2-3H2,1H3. The fourth-order valence-electron chi connectivity index (χ4n) is 1.58. The van der Waals surface area contributed by atoms with Gasteiger partial charge >= 0.3 is 5.97 Å². The molecule has 1 saturated heterocycles. The van der Waals surface area contributed by atoms with Crippen molar-refractivity contribution < 1.29 is 29.6 Å². The van der Waals surface area contributed by atoms with Gasteiger partial charge in [0.05, 0.1) is 6.61 Å². The molecule has 0 saturated carbocycles. The van der Waals surface area contributed by atoms with Crippen LogP contribution in [0.25, 0.3) is 0 Å². The Hall–Kier alpha value is -1.69. The Balaban J connectivity index is 2.18. The first-order chi connectivity index (χ1) is 7.53. The summed E-state index contributed by atoms with van der Waals surface area (Å²) >= 11 is 0. The first kappa shape index (κ1) is 10.8. The summed E-state index contributed by atoms with van der Waals surface area (Å²) in [5.74, 6) is -2.47. The largest absolute Gasteiger partial charge is 0.506 e. The minimum atomic E-state index is -1.46. The Morgan fingerprint density at radius 1 is 1.56 bits per heavy atom. The smallest absolute Gasteiger partial charge is 0.345 e. The number of hydrogen-bond donors (Lipinski definition) is 3. The summed E-state index contributed by atoms with van der Waals surface area (Å²) < 4.78 is 9.87. The van der Waals surface area contributed by atoms with Crippen molar-refractivity contribution in [3.8, 4) is 0 Å². The zero-order valence-corrected chi connectivity index (χ0v) is 8.64. The normalized spacial score (nSPS) is 31.8. The number of carbonyl (C=O) groups excluding carboxylic acids is 1. The molecule has 0 aromatic rings. The third-order valence-corrected chi connectivity index (χ3v) is 2.49. The number of fused-ring (bicyclic) bond motifs is 1. The highest BCUT2D eigenvalue weighted by Crippen LogP contribution is 2.47. The average molecular weight is 228 g/mol. The molecule has 88 valence electrons. The molecule has 2 rings (SSSR count). The highest BCUT2D eigenvalue weighted by Gasteiger charge is 2.68. The van der Waals surface area contributed by atoms with Crippen LogP contribution in [0.5, 0.6) is 0 Å². The van der Waals surface area contributed by atoms with Crippen molar-refractivity contribution in [3.63, 3.8) is 0 Å². The molecule has 16 heavy (non-hydrogen) atoms. The number of carbonyl (C=O) groups is 1. The highest BCUT2D eigenvalue weighted by atomic mass is 16.7. The van der Waals surface area contributed by atoms with E-state index in [1.807, 2.05) is 6.92 Å². The second-order valence-electron chi connectivity index (χ2n) is 3.69. The van der Waals surface area contributed by atoms with Crippen LogP contribution in [0.15, 0.2) is 23.4 Å². The van der Waals surface area contributed by atoms with Crippen LogP contribution in [0, 0.1) is 0 Å². The molecule has 1 heterocycles. The average Bonchev–Trinajstić information content (AvgIpc) is 2.98. The quantitative estimate of drug-likeness (QED) is 0.489. The Morgan fingerprint density at radius 2 is 2.25 bits per heavy atom. The number of aliphatic hydroxyl groups is 3. The van der Waals surface area contributed by atoms with Gasteiger partial charge in [-0.05, 0) is 6.42 Å². The summed E-state index contributed by atoms with van der Waals surface area (Å²) in [6.07, 6.45) is 0.757. The fourth-order valence-corrected chi connectivity index (χ4v) is 1.58. The molecule has 2 unspecified atom stereocenters. The summed E-state index contributed by atoms with van der Waals surface area (Å²) in [4.78, 5) is 11.6. The molecule has 6 heteroatoms. The van der Waals surface area contributed by atoms with Crippen molar-refractivity contribution in [1.29, 1.82) is 0 Å². The van der Waals surface area contributed by atoms with E-state index in [2.05, 4.69) is 0 Å². The fraction of sp³-hybridized carbons (Fsp3) is 0.500. The monoisotopic (exact) mass is 228 g/mol. The van der Waals surface area contributed by atoms with Crippen LogP contribution in [0.4, 0.5) is 0 Å². The van der Waals surface area contributed by atoms with Crippen LogP contribution < -0.4 is 0 Å². The molecule has 0 aromatic heterocycles. The number of epoxide rings is 1. The van der Waals surface area contributed by atoms with Gasteiger partial charge in [0.1, 0.15) is 0 Å². The van der Waals surface area contributed by atoms with E-state index in [-0.39, 0.29) is 6.61 Å². The maximum Gasteiger partial charge on any atom is 0.345 e. The molecular weight excluding hydrogens is 216 g/mol. The lowest BCUT2D eigenvalue weighted by Gasteiger charge is -2.13. The molecule has 1 aliphatic carbocycles. The molecular formula is C10H12O6. The van der Waals surface area contributed by atoms with Gasteiger partial charge in [-0.3, -0.25) is 0 Å². The van der Waals surface area contributed by atoms with E-state index in [1.165, 1.54) is 0 Å². The van der Waals surface area contributed by atoms with E-state index in [1.54, 1.807) is 0 Å². The van der Waals surface area contributed by atoms with Crippen molar-refractivity contribution in [3.05, 3.63) is 23.4 Å². The lowest BCUT2D eigenvalue weighted by molar-refractivity contribution is -0.148. The Bertz CT molecular complexity index is 396. The predicted octanol–water partition coefficient (Wildman–Crippen LogP) is 0.860. The van der Waals surface area contributed by atoms with Crippen LogP contribution in [0.1, 0.15) is 13.3 Å². The van der Waals surface area contributed by atoms with Gasteiger partial charge in [-0.25, -0.2) is 4.79 Å². The van der Waals surface area contributed by atoms with Gasteiger partial charge in [-0.1, -0.05) is 6.92 Å². The van der Waals surface area contributed by atoms with Gasteiger partial charge in [0.15, 0.2) is 23.4 Å². The minimum absolute atomic E-state index is 0.238. The first-order valence-corrected chi connectivity index (χ1v) is 4.92. The first-order valence-electron chi connectivity index (χ1n) is 4.92. The molecule has 2 aliphatic rings. The van der Waals surface area contributed by atoms with Crippen molar-refractivity contribution >= 4 is 5.97 Å². The van der Waals surface area contributed by atoms with Gasteiger partial charge in [0.25, 0.3) is 0 Å². The molecule has 6 nitrogen and oxygen atoms in total. The van der Waals surface area contributed by atoms with Gasteiger partial charge in [0, 0.05) is 6.08 Å². The summed E-state index contributed by atoms with van der Waals surface area (Å²) in [6, 6.07) is 0. The molecule has 0 amide bonds. The molecule has 0 spiro atoms. The van der Waals surface area contributed by atoms with Crippen LogP contribution in [0.3, 0.4) is 0 Å². The van der Waals surface area contributed by atoms with Crippen LogP contribution in [-0.4, -0.2) is 39.6 Å². The Labute approximate surface area is 91.4 Å². The molecule has 1 aliphatic heterocycles. The Kier molecular flexibility index (Phi) is 2.31. The lowest BCUT2D eigenvalue weighted by atomic mass is 9.97. The number of hydrogen-bond acceptors (Lipinski definition) is 6. The second kappa shape index (κ2) is 3.41. The number of esters is 1. The van der Waals surface area contributed by atoms with Gasteiger partial charge in [-0.15, -0.1) is 0 Å². The molecule has 1 fully saturated rings. The van der Waals surface area contributed by atoms with Gasteiger partial charge < -0.3 is 24.8 Å². The minimum Gasteiger partial charge on any atom is -0.506 e. The number of rotatable bonds is 3. The number of aliphatic hydroxyl groups excluding tert-OH is 3. The van der Waals surface area contributed by atoms with Crippen molar-refractivity contribution in [2.75, 3.05) is 6.61 Å². The zero-order valence-electron chi connectivity index (χ0n) is 8.64. The molecule has 0 bridgehead atoms. The van der Waals surface area contributed by atoms with Crippen LogP contribution in [0.2, 0.25) is 0 Å². The summed E-state index contributed by atoms with van der Waals surface area (Å²) in [7, 11) is 0. The van der Waals surface area contributed by atoms with E-state index in [0.29, 0.717) is 6.42 Å². The lowest BCUT2D eigenvalue weighted by Crippen LogP contribution is -2.31. The van der Waals surface area contributed by atoms with Crippen molar-refractivity contribution in [2.24, 2.45) is 0 Å². The van der Waals surface area contributed by atoms with E-state index in [9.17, 15) is 20.1 Å². The summed E-state index contributed by atoms with van der Waals surface area (Å²) in [5, 5.41) is 27.9. The number of ether oxygens (including phenoxy) is 2. The predicted molar refractivity (Wildman–Crippen MR) is 51.8 cm³/mol. The topological polar surface area (TPSA) is 99.5 Å². The van der Waals surface area contributed by atoms with E-state index < -0.39 is 35.0 Å². The van der Waals surface area contributed by atoms with Crippen molar-refractivity contribution in [1.82, 2.24) is 0 Å². The maximum atomic E-state index is 11.6.